The van der Waals surface area contributed by atoms with Gasteiger partial charge in [-0.3, -0.25) is 9.59 Å². The van der Waals surface area contributed by atoms with Gasteiger partial charge in [-0.25, -0.2) is 0 Å². The normalized spacial score (nSPS) is 13.6. The monoisotopic (exact) mass is 277 g/mol. The summed E-state index contributed by atoms with van der Waals surface area (Å²) < 4.78 is 0. The molecule has 1 amide bonds. The number of benzene rings is 1. The van der Waals surface area contributed by atoms with Gasteiger partial charge in [-0.15, -0.1) is 0 Å². The third-order valence-electron chi connectivity index (χ3n) is 3.45. The molecule has 2 N–H and O–H groups in total. The zero-order valence-corrected chi connectivity index (χ0v) is 12.3. The van der Waals surface area contributed by atoms with Crippen LogP contribution in [0.25, 0.3) is 0 Å². The maximum Gasteiger partial charge on any atom is 0.306 e. The van der Waals surface area contributed by atoms with Crippen molar-refractivity contribution >= 4 is 17.6 Å². The second-order valence-electron chi connectivity index (χ2n) is 5.33. The number of carbonyl (C=O) groups is 2. The fourth-order valence-corrected chi connectivity index (χ4v) is 2.25. The number of amides is 1. The van der Waals surface area contributed by atoms with Crippen LogP contribution in [-0.4, -0.2) is 17.0 Å². The lowest BCUT2D eigenvalue weighted by Crippen LogP contribution is -2.25. The number of carboxylic acid groups (broad SMARTS) is 1. The zero-order chi connectivity index (χ0) is 15.1. The number of aryl methyl sites for hydroxylation is 1. The molecule has 0 aliphatic carbocycles. The SMILES string of the molecule is CCC[C@@H](C(=O)O)[C@H](C)CC(=O)Nc1ccc(C)cc1. The Morgan fingerprint density at radius 2 is 1.85 bits per heavy atom. The van der Waals surface area contributed by atoms with Gasteiger partial charge in [-0.2, -0.15) is 0 Å². The lowest BCUT2D eigenvalue weighted by molar-refractivity contribution is -0.144. The highest BCUT2D eigenvalue weighted by atomic mass is 16.4. The van der Waals surface area contributed by atoms with Gasteiger partial charge in [0.05, 0.1) is 5.92 Å². The van der Waals surface area contributed by atoms with Crippen molar-refractivity contribution in [1.29, 1.82) is 0 Å². The van der Waals surface area contributed by atoms with E-state index in [0.717, 1.165) is 17.7 Å². The van der Waals surface area contributed by atoms with E-state index in [1.54, 1.807) is 0 Å². The Balaban J connectivity index is 2.56. The first-order valence-electron chi connectivity index (χ1n) is 7.03. The van der Waals surface area contributed by atoms with Crippen LogP contribution in [0.2, 0.25) is 0 Å². The van der Waals surface area contributed by atoms with Gasteiger partial charge in [0.25, 0.3) is 0 Å². The predicted octanol–water partition coefficient (Wildman–Crippen LogP) is 3.46. The summed E-state index contributed by atoms with van der Waals surface area (Å²) in [5.74, 6) is -1.58. The number of hydrogen-bond acceptors (Lipinski definition) is 2. The molecule has 0 aromatic heterocycles. The van der Waals surface area contributed by atoms with Crippen molar-refractivity contribution in [2.75, 3.05) is 5.32 Å². The fraction of sp³-hybridized carbons (Fsp3) is 0.500. The quantitative estimate of drug-likeness (QED) is 0.802. The highest BCUT2D eigenvalue weighted by Crippen LogP contribution is 2.22. The first kappa shape index (κ1) is 16.2. The van der Waals surface area contributed by atoms with Crippen LogP contribution in [-0.2, 0) is 9.59 Å². The summed E-state index contributed by atoms with van der Waals surface area (Å²) >= 11 is 0. The maximum atomic E-state index is 11.9. The van der Waals surface area contributed by atoms with E-state index in [2.05, 4.69) is 5.32 Å². The van der Waals surface area contributed by atoms with E-state index in [1.807, 2.05) is 45.0 Å². The van der Waals surface area contributed by atoms with Crippen molar-refractivity contribution in [3.8, 4) is 0 Å². The second-order valence-corrected chi connectivity index (χ2v) is 5.33. The molecule has 0 spiro atoms. The summed E-state index contributed by atoms with van der Waals surface area (Å²) in [5.41, 5.74) is 1.88. The first-order chi connectivity index (χ1) is 9.43. The fourth-order valence-electron chi connectivity index (χ4n) is 2.25. The molecule has 0 radical (unpaired) electrons. The van der Waals surface area contributed by atoms with Crippen LogP contribution in [0.4, 0.5) is 5.69 Å². The molecule has 4 heteroatoms. The van der Waals surface area contributed by atoms with Crippen molar-refractivity contribution in [2.24, 2.45) is 11.8 Å². The number of rotatable bonds is 7. The summed E-state index contributed by atoms with van der Waals surface area (Å²) in [7, 11) is 0. The van der Waals surface area contributed by atoms with Crippen LogP contribution < -0.4 is 5.32 Å². The maximum absolute atomic E-state index is 11.9. The summed E-state index contributed by atoms with van der Waals surface area (Å²) in [5, 5.41) is 12.0. The molecule has 0 aliphatic rings. The van der Waals surface area contributed by atoms with E-state index >= 15 is 0 Å². The van der Waals surface area contributed by atoms with Crippen LogP contribution in [0.3, 0.4) is 0 Å². The number of anilines is 1. The average molecular weight is 277 g/mol. The Morgan fingerprint density at radius 3 is 2.35 bits per heavy atom. The molecule has 0 aliphatic heterocycles. The van der Waals surface area contributed by atoms with Gasteiger partial charge in [-0.1, -0.05) is 38.0 Å². The standard InChI is InChI=1S/C16H23NO3/c1-4-5-14(16(19)20)12(3)10-15(18)17-13-8-6-11(2)7-9-13/h6-9,12,14H,4-5,10H2,1-3H3,(H,17,18)(H,19,20)/t12-,14-/m1/s1. The largest absolute Gasteiger partial charge is 0.481 e. The van der Waals surface area contributed by atoms with E-state index in [-0.39, 0.29) is 18.2 Å². The molecule has 0 saturated carbocycles. The van der Waals surface area contributed by atoms with Gasteiger partial charge < -0.3 is 10.4 Å². The van der Waals surface area contributed by atoms with Gasteiger partial charge in [0.2, 0.25) is 5.91 Å². The molecular formula is C16H23NO3. The van der Waals surface area contributed by atoms with Crippen LogP contribution in [0, 0.1) is 18.8 Å². The predicted molar refractivity (Wildman–Crippen MR) is 79.6 cm³/mol. The van der Waals surface area contributed by atoms with Crippen molar-refractivity contribution in [3.63, 3.8) is 0 Å². The highest BCUT2D eigenvalue weighted by Gasteiger charge is 2.25. The molecule has 0 fully saturated rings. The van der Waals surface area contributed by atoms with E-state index in [1.165, 1.54) is 0 Å². The number of carbonyl (C=O) groups excluding carboxylic acids is 1. The van der Waals surface area contributed by atoms with Crippen LogP contribution in [0.5, 0.6) is 0 Å². The second kappa shape index (κ2) is 7.68. The topological polar surface area (TPSA) is 66.4 Å². The van der Waals surface area contributed by atoms with Gasteiger partial charge in [-0.05, 0) is 31.4 Å². The van der Waals surface area contributed by atoms with Crippen molar-refractivity contribution < 1.29 is 14.7 Å². The number of hydrogen-bond donors (Lipinski definition) is 2. The van der Waals surface area contributed by atoms with Gasteiger partial charge in [0, 0.05) is 12.1 Å². The summed E-state index contributed by atoms with van der Waals surface area (Å²) in [6.07, 6.45) is 1.64. The van der Waals surface area contributed by atoms with Crippen molar-refractivity contribution in [3.05, 3.63) is 29.8 Å². The zero-order valence-electron chi connectivity index (χ0n) is 12.3. The minimum Gasteiger partial charge on any atom is -0.481 e. The summed E-state index contributed by atoms with van der Waals surface area (Å²) in [6.45, 7) is 5.76. The molecule has 0 saturated heterocycles. The third kappa shape index (κ3) is 5.03. The number of nitrogens with one attached hydrogen (secondary N) is 1. The lowest BCUT2D eigenvalue weighted by atomic mass is 9.87. The average Bonchev–Trinajstić information content (AvgIpc) is 2.38. The van der Waals surface area contributed by atoms with Gasteiger partial charge >= 0.3 is 5.97 Å². The molecule has 1 aromatic rings. The molecule has 20 heavy (non-hydrogen) atoms. The third-order valence-corrected chi connectivity index (χ3v) is 3.45. The molecule has 0 bridgehead atoms. The molecule has 110 valence electrons. The Bertz CT molecular complexity index is 453. The van der Waals surface area contributed by atoms with Gasteiger partial charge in [0.15, 0.2) is 0 Å². The smallest absolute Gasteiger partial charge is 0.306 e. The number of carboxylic acids is 1. The van der Waals surface area contributed by atoms with E-state index in [4.69, 9.17) is 0 Å². The molecule has 1 rings (SSSR count). The molecule has 0 heterocycles. The van der Waals surface area contributed by atoms with E-state index in [9.17, 15) is 14.7 Å². The first-order valence-corrected chi connectivity index (χ1v) is 7.03. The summed E-state index contributed by atoms with van der Waals surface area (Å²) in [6, 6.07) is 7.55. The molecule has 1 aromatic carbocycles. The highest BCUT2D eigenvalue weighted by molar-refractivity contribution is 5.91. The van der Waals surface area contributed by atoms with Gasteiger partial charge in [0.1, 0.15) is 0 Å². The minimum absolute atomic E-state index is 0.135. The van der Waals surface area contributed by atoms with Crippen LogP contribution >= 0.6 is 0 Å². The number of aliphatic carboxylic acids is 1. The van der Waals surface area contributed by atoms with Crippen molar-refractivity contribution in [2.45, 2.75) is 40.0 Å². The lowest BCUT2D eigenvalue weighted by Gasteiger charge is -2.19. The Labute approximate surface area is 120 Å². The van der Waals surface area contributed by atoms with E-state index in [0.29, 0.717) is 6.42 Å². The molecule has 0 unspecified atom stereocenters. The molecular weight excluding hydrogens is 254 g/mol. The van der Waals surface area contributed by atoms with E-state index < -0.39 is 11.9 Å². The van der Waals surface area contributed by atoms with Crippen LogP contribution in [0.1, 0.15) is 38.7 Å². The van der Waals surface area contributed by atoms with Crippen LogP contribution in [0.15, 0.2) is 24.3 Å². The summed E-state index contributed by atoms with van der Waals surface area (Å²) in [4.78, 5) is 23.1. The minimum atomic E-state index is -0.817. The molecule has 2 atom stereocenters. The Kier molecular flexibility index (Phi) is 6.22. The Morgan fingerprint density at radius 1 is 1.25 bits per heavy atom. The molecule has 4 nitrogen and oxygen atoms in total. The Hall–Kier alpha value is -1.84. The van der Waals surface area contributed by atoms with Crippen molar-refractivity contribution in [1.82, 2.24) is 0 Å².